The van der Waals surface area contributed by atoms with Gasteiger partial charge in [0.05, 0.1) is 17.5 Å². The summed E-state index contributed by atoms with van der Waals surface area (Å²) in [6.07, 6.45) is -6.14. The first-order chi connectivity index (χ1) is 15.6. The van der Waals surface area contributed by atoms with Gasteiger partial charge in [0, 0.05) is 0 Å². The summed E-state index contributed by atoms with van der Waals surface area (Å²) in [5.74, 6) is -2.22. The van der Waals surface area contributed by atoms with Crippen LogP contribution >= 0.6 is 34.8 Å². The maximum atomic E-state index is 15.2. The van der Waals surface area contributed by atoms with E-state index in [1.54, 1.807) is 36.4 Å². The van der Waals surface area contributed by atoms with E-state index in [0.717, 1.165) is 0 Å². The molecule has 1 aliphatic heterocycles. The molecule has 0 spiro atoms. The zero-order valence-electron chi connectivity index (χ0n) is 17.0. The monoisotopic (exact) mass is 517 g/mol. The van der Waals surface area contributed by atoms with E-state index in [-0.39, 0.29) is 17.5 Å². The third-order valence-electron chi connectivity index (χ3n) is 4.62. The lowest BCUT2D eigenvalue weighted by Gasteiger charge is -2.37. The maximum Gasteiger partial charge on any atom is 0.338 e. The van der Waals surface area contributed by atoms with Crippen LogP contribution in [0.3, 0.4) is 0 Å². The number of alkyl halides is 4. The smallest absolute Gasteiger partial charge is 0.338 e. The van der Waals surface area contributed by atoms with Gasteiger partial charge in [0.25, 0.3) is 3.79 Å². The number of carbonyl (C=O) groups is 2. The van der Waals surface area contributed by atoms with Crippen molar-refractivity contribution in [2.45, 2.75) is 34.9 Å². The highest BCUT2D eigenvalue weighted by atomic mass is 35.6. The highest BCUT2D eigenvalue weighted by Crippen LogP contribution is 2.32. The van der Waals surface area contributed by atoms with E-state index in [4.69, 9.17) is 59.2 Å². The van der Waals surface area contributed by atoms with Gasteiger partial charge in [0.2, 0.25) is 12.2 Å². The second-order valence-corrected chi connectivity index (χ2v) is 9.28. The molecule has 1 aliphatic rings. The lowest BCUT2D eigenvalue weighted by molar-refractivity contribution is -0.219. The third-order valence-corrected chi connectivity index (χ3v) is 5.14. The molecule has 1 N–H and O–H groups in total. The molecule has 0 aromatic heterocycles. The summed E-state index contributed by atoms with van der Waals surface area (Å²) in [6.45, 7) is -0.505. The fraction of sp³-hybridized carbons (Fsp3) is 0.318. The molecule has 0 aliphatic carbocycles. The molecule has 1 saturated heterocycles. The SMILES string of the molecule is N=C(OC1C[C@@H](OC(=O)c2ccccc2)[C@H](F)[C@@H](COC(=O)c2ccccc2)O1)C(Cl)(Cl)Cl. The van der Waals surface area contributed by atoms with Gasteiger partial charge in [-0.1, -0.05) is 71.2 Å². The van der Waals surface area contributed by atoms with Crippen LogP contribution in [0.1, 0.15) is 27.1 Å². The van der Waals surface area contributed by atoms with Gasteiger partial charge in [0.1, 0.15) is 18.8 Å². The third kappa shape index (κ3) is 7.04. The molecule has 0 saturated carbocycles. The first-order valence-corrected chi connectivity index (χ1v) is 10.9. The number of hydrogen-bond donors (Lipinski definition) is 1. The Balaban J connectivity index is 1.72. The van der Waals surface area contributed by atoms with E-state index >= 15 is 4.39 Å². The van der Waals surface area contributed by atoms with E-state index in [9.17, 15) is 9.59 Å². The number of rotatable bonds is 6. The van der Waals surface area contributed by atoms with Crippen molar-refractivity contribution in [1.82, 2.24) is 0 Å². The van der Waals surface area contributed by atoms with Crippen LogP contribution in [0.5, 0.6) is 0 Å². The van der Waals surface area contributed by atoms with Crippen molar-refractivity contribution in [1.29, 1.82) is 5.41 Å². The van der Waals surface area contributed by atoms with Crippen LogP contribution in [0, 0.1) is 5.41 Å². The topological polar surface area (TPSA) is 94.9 Å². The zero-order valence-corrected chi connectivity index (χ0v) is 19.2. The van der Waals surface area contributed by atoms with Crippen LogP contribution in [0.15, 0.2) is 60.7 Å². The van der Waals surface area contributed by atoms with Crippen LogP contribution in [0.2, 0.25) is 0 Å². The van der Waals surface area contributed by atoms with Crippen LogP contribution in [-0.4, -0.2) is 52.9 Å². The normalized spacial score (nSPS) is 22.8. The molecule has 0 amide bonds. The fourth-order valence-corrected chi connectivity index (χ4v) is 3.13. The average Bonchev–Trinajstić information content (AvgIpc) is 2.80. The molecule has 1 unspecified atom stereocenters. The van der Waals surface area contributed by atoms with Crippen molar-refractivity contribution in [3.63, 3.8) is 0 Å². The van der Waals surface area contributed by atoms with Crippen LogP contribution in [0.25, 0.3) is 0 Å². The van der Waals surface area contributed by atoms with Gasteiger partial charge in [0.15, 0.2) is 6.17 Å². The number of esters is 2. The Hall–Kier alpha value is -2.39. The van der Waals surface area contributed by atoms with Crippen molar-refractivity contribution < 1.29 is 32.9 Å². The van der Waals surface area contributed by atoms with Crippen molar-refractivity contribution in [2.24, 2.45) is 0 Å². The molecule has 1 fully saturated rings. The predicted molar refractivity (Wildman–Crippen MR) is 120 cm³/mol. The van der Waals surface area contributed by atoms with E-state index < -0.39 is 52.9 Å². The van der Waals surface area contributed by atoms with Gasteiger partial charge < -0.3 is 18.9 Å². The Bertz CT molecular complexity index is 973. The van der Waals surface area contributed by atoms with E-state index in [2.05, 4.69) is 0 Å². The Kier molecular flexibility index (Phi) is 8.53. The highest BCUT2D eigenvalue weighted by Gasteiger charge is 2.44. The quantitative estimate of drug-likeness (QED) is 0.253. The molecule has 2 aromatic rings. The highest BCUT2D eigenvalue weighted by molar-refractivity contribution is 6.76. The number of hydrogen-bond acceptors (Lipinski definition) is 7. The minimum Gasteiger partial charge on any atom is -0.459 e. The Morgan fingerprint density at radius 2 is 1.52 bits per heavy atom. The number of ether oxygens (including phenoxy) is 4. The van der Waals surface area contributed by atoms with Gasteiger partial charge in [-0.3, -0.25) is 5.41 Å². The molecule has 3 rings (SSSR count). The summed E-state index contributed by atoms with van der Waals surface area (Å²) in [5.41, 5.74) is 0.483. The van der Waals surface area contributed by atoms with Gasteiger partial charge in [-0.15, -0.1) is 0 Å². The van der Waals surface area contributed by atoms with Gasteiger partial charge in [-0.05, 0) is 24.3 Å². The standard InChI is InChI=1S/C22H19Cl3FNO6/c23-22(24,25)21(27)33-17-11-15(32-20(29)14-9-5-2-6-10-14)18(26)16(31-17)12-30-19(28)13-7-3-1-4-8-13/h1-10,15-18,27H,11-12H2/t15-,16-,17?,18+/m1/s1. The summed E-state index contributed by atoms with van der Waals surface area (Å²) >= 11 is 16.9. The van der Waals surface area contributed by atoms with Gasteiger partial charge in [-0.2, -0.15) is 0 Å². The van der Waals surface area contributed by atoms with Crippen molar-refractivity contribution in [3.8, 4) is 0 Å². The Morgan fingerprint density at radius 1 is 0.970 bits per heavy atom. The number of benzene rings is 2. The molecule has 33 heavy (non-hydrogen) atoms. The molecule has 7 nitrogen and oxygen atoms in total. The molecule has 0 bridgehead atoms. The summed E-state index contributed by atoms with van der Waals surface area (Å²) in [5, 5.41) is 7.73. The van der Waals surface area contributed by atoms with E-state index in [1.807, 2.05) is 0 Å². The zero-order chi connectivity index (χ0) is 24.0. The molecular formula is C22H19Cl3FNO6. The Labute approximate surface area is 204 Å². The van der Waals surface area contributed by atoms with Crippen molar-refractivity contribution in [3.05, 3.63) is 71.8 Å². The molecule has 2 aromatic carbocycles. The number of carbonyl (C=O) groups excluding carboxylic acids is 2. The predicted octanol–water partition coefficient (Wildman–Crippen LogP) is 4.89. The van der Waals surface area contributed by atoms with Crippen LogP contribution < -0.4 is 0 Å². The number of halogens is 4. The lowest BCUT2D eigenvalue weighted by Crippen LogP contribution is -2.51. The molecule has 4 atom stereocenters. The van der Waals surface area contributed by atoms with Crippen LogP contribution in [-0.2, 0) is 18.9 Å². The Morgan fingerprint density at radius 3 is 2.06 bits per heavy atom. The van der Waals surface area contributed by atoms with E-state index in [1.165, 1.54) is 24.3 Å². The summed E-state index contributed by atoms with van der Waals surface area (Å²) in [4.78, 5) is 24.7. The minimum atomic E-state index is -2.18. The lowest BCUT2D eigenvalue weighted by atomic mass is 10.0. The maximum absolute atomic E-state index is 15.2. The first kappa shape index (κ1) is 25.2. The molecular weight excluding hydrogens is 500 g/mol. The average molecular weight is 519 g/mol. The van der Waals surface area contributed by atoms with Gasteiger partial charge in [-0.25, -0.2) is 14.0 Å². The summed E-state index contributed by atoms with van der Waals surface area (Å²) < 4.78 is 34.2. The fourth-order valence-electron chi connectivity index (χ4n) is 3.00. The molecule has 0 radical (unpaired) electrons. The second-order valence-electron chi connectivity index (χ2n) is 7.00. The summed E-state index contributed by atoms with van der Waals surface area (Å²) in [6, 6.07) is 16.1. The number of nitrogens with one attached hydrogen (secondary N) is 1. The van der Waals surface area contributed by atoms with Crippen LogP contribution in [0.4, 0.5) is 4.39 Å². The largest absolute Gasteiger partial charge is 0.459 e. The minimum absolute atomic E-state index is 0.217. The van der Waals surface area contributed by atoms with E-state index in [0.29, 0.717) is 0 Å². The van der Waals surface area contributed by atoms with Crippen molar-refractivity contribution >= 4 is 52.6 Å². The van der Waals surface area contributed by atoms with Crippen molar-refractivity contribution in [2.75, 3.05) is 6.61 Å². The molecule has 176 valence electrons. The molecule has 1 heterocycles. The first-order valence-electron chi connectivity index (χ1n) is 9.75. The second kappa shape index (κ2) is 11.2. The summed E-state index contributed by atoms with van der Waals surface area (Å²) in [7, 11) is 0. The van der Waals surface area contributed by atoms with Gasteiger partial charge >= 0.3 is 11.9 Å². The molecule has 11 heteroatoms.